The first kappa shape index (κ1) is 26.2. The fraction of sp³-hybridized carbons (Fsp3) is 0.444. The van der Waals surface area contributed by atoms with Gasteiger partial charge in [-0.15, -0.1) is 0 Å². The molecular weight excluding hydrogens is 448 g/mol. The molecule has 8 heteroatoms. The maximum atomic E-state index is 12.4. The summed E-state index contributed by atoms with van der Waals surface area (Å²) in [6, 6.07) is 9.40. The van der Waals surface area contributed by atoms with Gasteiger partial charge in [0.15, 0.2) is 17.2 Å². The summed E-state index contributed by atoms with van der Waals surface area (Å²) < 4.78 is 22.1. The number of rotatable bonds is 12. The van der Waals surface area contributed by atoms with Gasteiger partial charge in [0.05, 0.1) is 19.9 Å². The Balaban J connectivity index is 1.56. The molecule has 2 N–H and O–H groups in total. The van der Waals surface area contributed by atoms with Gasteiger partial charge in [-0.2, -0.15) is 0 Å². The lowest BCUT2D eigenvalue weighted by molar-refractivity contribution is -0.118. The van der Waals surface area contributed by atoms with E-state index in [2.05, 4.69) is 17.3 Å². The lowest BCUT2D eigenvalue weighted by Crippen LogP contribution is -2.36. The molecule has 0 radical (unpaired) electrons. The van der Waals surface area contributed by atoms with Gasteiger partial charge in [-0.25, -0.2) is 0 Å². The van der Waals surface area contributed by atoms with Crippen molar-refractivity contribution in [2.24, 2.45) is 0 Å². The third-order valence-electron chi connectivity index (χ3n) is 5.79. The quantitative estimate of drug-likeness (QED) is 0.355. The second-order valence-electron chi connectivity index (χ2n) is 8.09. The molecule has 0 spiro atoms. The Hall–Kier alpha value is -3.41. The predicted molar refractivity (Wildman–Crippen MR) is 134 cm³/mol. The second kappa shape index (κ2) is 12.9. The van der Waals surface area contributed by atoms with E-state index in [-0.39, 0.29) is 12.5 Å². The number of ether oxygens (including phenoxy) is 4. The maximum absolute atomic E-state index is 12.4. The van der Waals surface area contributed by atoms with Gasteiger partial charge in [0.1, 0.15) is 24.6 Å². The molecule has 1 heterocycles. The van der Waals surface area contributed by atoms with Crippen molar-refractivity contribution in [1.29, 1.82) is 0 Å². The molecule has 1 aliphatic rings. The first-order valence-corrected chi connectivity index (χ1v) is 11.8. The van der Waals surface area contributed by atoms with Crippen LogP contribution in [-0.2, 0) is 17.6 Å². The fourth-order valence-corrected chi connectivity index (χ4v) is 4.07. The number of aliphatic hydroxyl groups is 1. The number of nitrogens with one attached hydrogen (secondary N) is 1. The van der Waals surface area contributed by atoms with Crippen LogP contribution in [0.2, 0.25) is 0 Å². The molecule has 188 valence electrons. The van der Waals surface area contributed by atoms with Crippen molar-refractivity contribution in [2.45, 2.75) is 39.2 Å². The highest BCUT2D eigenvalue weighted by atomic mass is 16.5. The van der Waals surface area contributed by atoms with Crippen molar-refractivity contribution in [3.8, 4) is 35.0 Å². The normalized spacial score (nSPS) is 13.4. The lowest BCUT2D eigenvalue weighted by atomic mass is 9.99. The minimum Gasteiger partial charge on any atom is -0.493 e. The van der Waals surface area contributed by atoms with E-state index in [9.17, 15) is 9.90 Å². The largest absolute Gasteiger partial charge is 0.493 e. The Bertz CT molecular complexity index is 1080. The zero-order valence-corrected chi connectivity index (χ0v) is 20.8. The zero-order chi connectivity index (χ0) is 25.2. The molecule has 3 rings (SSSR count). The third-order valence-corrected chi connectivity index (χ3v) is 5.79. The van der Waals surface area contributed by atoms with E-state index < -0.39 is 6.10 Å². The highest BCUT2D eigenvalue weighted by Crippen LogP contribution is 2.42. The van der Waals surface area contributed by atoms with Crippen molar-refractivity contribution in [2.75, 3.05) is 45.4 Å². The van der Waals surface area contributed by atoms with Crippen LogP contribution in [0.25, 0.3) is 0 Å². The van der Waals surface area contributed by atoms with Crippen LogP contribution in [0.1, 0.15) is 31.4 Å². The van der Waals surface area contributed by atoms with Crippen LogP contribution in [-0.4, -0.2) is 57.6 Å². The van der Waals surface area contributed by atoms with Gasteiger partial charge in [0.2, 0.25) is 5.91 Å². The van der Waals surface area contributed by atoms with Gasteiger partial charge >= 0.3 is 0 Å². The van der Waals surface area contributed by atoms with Gasteiger partial charge in [-0.1, -0.05) is 12.0 Å². The van der Waals surface area contributed by atoms with Crippen molar-refractivity contribution in [3.63, 3.8) is 0 Å². The highest BCUT2D eigenvalue weighted by molar-refractivity contribution is 5.98. The average molecular weight is 483 g/mol. The van der Waals surface area contributed by atoms with E-state index >= 15 is 0 Å². The number of aliphatic hydroxyl groups excluding tert-OH is 1. The summed E-state index contributed by atoms with van der Waals surface area (Å²) in [5, 5.41) is 13.7. The van der Waals surface area contributed by atoms with Crippen molar-refractivity contribution < 1.29 is 28.8 Å². The molecule has 8 nitrogen and oxygen atoms in total. The second-order valence-corrected chi connectivity index (χ2v) is 8.09. The van der Waals surface area contributed by atoms with Crippen LogP contribution in [0.3, 0.4) is 0 Å². The fourth-order valence-electron chi connectivity index (χ4n) is 4.07. The molecule has 1 amide bonds. The standard InChI is InChI=1S/C27H34N2O6/c1-5-15-34-24-11-10-22(21-8-12-26(31)29(6-2)27(21)24)35-18-20(30)17-28-14-13-19-7-9-23(32-3)25(16-19)33-4/h7,9-11,16,20,28,30H,6,8,12-14,17-18H2,1-4H3. The molecule has 2 aromatic carbocycles. The Morgan fingerprint density at radius 3 is 2.54 bits per heavy atom. The number of fused-ring (bicyclic) bond motifs is 1. The molecule has 0 saturated heterocycles. The van der Waals surface area contributed by atoms with E-state index in [1.54, 1.807) is 32.1 Å². The molecular formula is C27H34N2O6. The smallest absolute Gasteiger partial charge is 0.227 e. The minimum atomic E-state index is -0.689. The number of methoxy groups -OCH3 is 2. The summed E-state index contributed by atoms with van der Waals surface area (Å²) in [5.41, 5.74) is 2.71. The molecule has 0 fully saturated rings. The number of carbonyl (C=O) groups excluding carboxylic acids is 1. The molecule has 0 aliphatic carbocycles. The molecule has 35 heavy (non-hydrogen) atoms. The van der Waals surface area contributed by atoms with Crippen LogP contribution in [0.15, 0.2) is 30.3 Å². The lowest BCUT2D eigenvalue weighted by Gasteiger charge is -2.31. The third kappa shape index (κ3) is 6.59. The molecule has 1 unspecified atom stereocenters. The number of carbonyl (C=O) groups is 1. The Kier molecular flexibility index (Phi) is 9.65. The minimum absolute atomic E-state index is 0.0465. The average Bonchev–Trinajstić information content (AvgIpc) is 2.88. The van der Waals surface area contributed by atoms with Crippen LogP contribution < -0.4 is 29.2 Å². The number of amides is 1. The summed E-state index contributed by atoms with van der Waals surface area (Å²) in [6.07, 6.45) is 3.65. The van der Waals surface area contributed by atoms with E-state index in [4.69, 9.17) is 18.9 Å². The SMILES string of the molecule is CC#COc1ccc(OCC(O)CNCCc2ccc(OC)c(OC)c2)c2c1N(CC)C(=O)CC2. The van der Waals surface area contributed by atoms with Gasteiger partial charge in [-0.3, -0.25) is 4.79 Å². The van der Waals surface area contributed by atoms with Gasteiger partial charge in [0, 0.05) is 32.0 Å². The van der Waals surface area contributed by atoms with E-state index in [0.717, 1.165) is 17.5 Å². The molecule has 2 aromatic rings. The first-order valence-electron chi connectivity index (χ1n) is 11.8. The molecule has 0 bridgehead atoms. The number of benzene rings is 2. The predicted octanol–water partition coefficient (Wildman–Crippen LogP) is 2.93. The van der Waals surface area contributed by atoms with E-state index in [1.807, 2.05) is 31.2 Å². The maximum Gasteiger partial charge on any atom is 0.227 e. The molecule has 0 saturated carbocycles. The van der Waals surface area contributed by atoms with Crippen LogP contribution in [0.4, 0.5) is 5.69 Å². The molecule has 1 atom stereocenters. The summed E-state index contributed by atoms with van der Waals surface area (Å²) in [5.74, 6) is 5.33. The topological polar surface area (TPSA) is 89.5 Å². The van der Waals surface area contributed by atoms with Crippen molar-refractivity contribution in [1.82, 2.24) is 5.32 Å². The van der Waals surface area contributed by atoms with Crippen molar-refractivity contribution in [3.05, 3.63) is 41.5 Å². The van der Waals surface area contributed by atoms with Crippen LogP contribution in [0, 0.1) is 12.0 Å². The van der Waals surface area contributed by atoms with Crippen LogP contribution >= 0.6 is 0 Å². The summed E-state index contributed by atoms with van der Waals surface area (Å²) in [7, 11) is 3.23. The van der Waals surface area contributed by atoms with Gasteiger partial charge in [-0.05, 0) is 56.1 Å². The van der Waals surface area contributed by atoms with E-state index in [1.165, 1.54) is 0 Å². The Labute approximate surface area is 207 Å². The summed E-state index contributed by atoms with van der Waals surface area (Å²) in [6.45, 7) is 5.36. The Morgan fingerprint density at radius 1 is 1.09 bits per heavy atom. The first-order chi connectivity index (χ1) is 17.0. The summed E-state index contributed by atoms with van der Waals surface area (Å²) in [4.78, 5) is 14.1. The number of hydrogen-bond donors (Lipinski definition) is 2. The number of anilines is 1. The van der Waals surface area contributed by atoms with Crippen molar-refractivity contribution >= 4 is 11.6 Å². The Morgan fingerprint density at radius 2 is 1.83 bits per heavy atom. The number of hydrogen-bond acceptors (Lipinski definition) is 7. The monoisotopic (exact) mass is 482 g/mol. The zero-order valence-electron chi connectivity index (χ0n) is 20.8. The summed E-state index contributed by atoms with van der Waals surface area (Å²) >= 11 is 0. The van der Waals surface area contributed by atoms with E-state index in [0.29, 0.717) is 61.2 Å². The van der Waals surface area contributed by atoms with Gasteiger partial charge < -0.3 is 34.3 Å². The number of nitrogens with zero attached hydrogens (tertiary/aromatic N) is 1. The van der Waals surface area contributed by atoms with Crippen LogP contribution in [0.5, 0.6) is 23.0 Å². The molecule has 0 aromatic heterocycles. The highest BCUT2D eigenvalue weighted by Gasteiger charge is 2.29. The van der Waals surface area contributed by atoms with Gasteiger partial charge in [0.25, 0.3) is 0 Å². The molecule has 1 aliphatic heterocycles.